The maximum absolute atomic E-state index is 13.5. The zero-order chi connectivity index (χ0) is 18.1. The molecule has 3 aromatic rings. The zero-order valence-electron chi connectivity index (χ0n) is 14.1. The highest BCUT2D eigenvalue weighted by atomic mass is 35.5. The van der Waals surface area contributed by atoms with Gasteiger partial charge in [-0.1, -0.05) is 17.7 Å². The predicted octanol–water partition coefficient (Wildman–Crippen LogP) is 4.12. The zero-order valence-corrected chi connectivity index (χ0v) is 14.9. The number of anilines is 1. The number of carbonyl (C=O) groups is 1. The number of halogens is 2. The minimum Gasteiger partial charge on any atom is -0.464 e. The molecule has 4 rings (SSSR count). The number of benzene rings is 2. The van der Waals surface area contributed by atoms with Gasteiger partial charge in [-0.2, -0.15) is 0 Å². The number of nitrogens with zero attached hydrogens (tertiary/aromatic N) is 2. The van der Waals surface area contributed by atoms with Crippen LogP contribution in [0.3, 0.4) is 0 Å². The molecule has 1 aliphatic rings. The summed E-state index contributed by atoms with van der Waals surface area (Å²) in [5.41, 5.74) is 2.39. The molecule has 2 aromatic carbocycles. The average Bonchev–Trinajstić information content (AvgIpc) is 3.04. The monoisotopic (exact) mass is 372 g/mol. The SMILES string of the molecule is O=C(Cc1coc2ccc(F)cc12)N1CCN(c2cccc(Cl)c2)CC1. The molecule has 134 valence electrons. The van der Waals surface area contributed by atoms with E-state index in [1.54, 1.807) is 12.3 Å². The van der Waals surface area contributed by atoms with Crippen LogP contribution in [-0.2, 0) is 11.2 Å². The molecule has 0 spiro atoms. The molecular formula is C20H18ClFN2O2. The fourth-order valence-electron chi connectivity index (χ4n) is 3.35. The van der Waals surface area contributed by atoms with Crippen molar-refractivity contribution in [2.45, 2.75) is 6.42 Å². The molecular weight excluding hydrogens is 355 g/mol. The van der Waals surface area contributed by atoms with Crippen LogP contribution < -0.4 is 4.90 Å². The van der Waals surface area contributed by atoms with Gasteiger partial charge in [0.15, 0.2) is 0 Å². The lowest BCUT2D eigenvalue weighted by molar-refractivity contribution is -0.130. The van der Waals surface area contributed by atoms with Crippen LogP contribution in [0.2, 0.25) is 5.02 Å². The molecule has 0 unspecified atom stereocenters. The number of carbonyl (C=O) groups excluding carboxylic acids is 1. The first-order valence-corrected chi connectivity index (χ1v) is 8.92. The Morgan fingerprint density at radius 2 is 1.92 bits per heavy atom. The van der Waals surface area contributed by atoms with E-state index in [9.17, 15) is 9.18 Å². The molecule has 0 bridgehead atoms. The van der Waals surface area contributed by atoms with Gasteiger partial charge < -0.3 is 14.2 Å². The van der Waals surface area contributed by atoms with Gasteiger partial charge in [0.1, 0.15) is 11.4 Å². The van der Waals surface area contributed by atoms with E-state index in [1.807, 2.05) is 29.2 Å². The normalized spacial score (nSPS) is 14.8. The van der Waals surface area contributed by atoms with Crippen LogP contribution in [0.15, 0.2) is 53.1 Å². The molecule has 4 nitrogen and oxygen atoms in total. The second-order valence-electron chi connectivity index (χ2n) is 6.43. The molecule has 1 fully saturated rings. The van der Waals surface area contributed by atoms with Gasteiger partial charge in [-0.15, -0.1) is 0 Å². The quantitative estimate of drug-likeness (QED) is 0.694. The molecule has 1 saturated heterocycles. The van der Waals surface area contributed by atoms with Gasteiger partial charge in [0.2, 0.25) is 5.91 Å². The van der Waals surface area contributed by atoms with Gasteiger partial charge in [0.05, 0.1) is 12.7 Å². The van der Waals surface area contributed by atoms with Crippen molar-refractivity contribution in [1.29, 1.82) is 0 Å². The molecule has 26 heavy (non-hydrogen) atoms. The first-order valence-electron chi connectivity index (χ1n) is 8.54. The Morgan fingerprint density at radius 1 is 1.12 bits per heavy atom. The summed E-state index contributed by atoms with van der Waals surface area (Å²) in [6.45, 7) is 2.81. The molecule has 0 atom stereocenters. The number of hydrogen-bond acceptors (Lipinski definition) is 3. The molecule has 0 radical (unpaired) electrons. The van der Waals surface area contributed by atoms with Crippen molar-refractivity contribution in [2.24, 2.45) is 0 Å². The number of furan rings is 1. The summed E-state index contributed by atoms with van der Waals surface area (Å²) in [6.07, 6.45) is 1.76. The summed E-state index contributed by atoms with van der Waals surface area (Å²) in [4.78, 5) is 16.7. The third-order valence-electron chi connectivity index (χ3n) is 4.76. The first kappa shape index (κ1) is 16.9. The number of amides is 1. The maximum atomic E-state index is 13.5. The Balaban J connectivity index is 1.41. The fraction of sp³-hybridized carbons (Fsp3) is 0.250. The third-order valence-corrected chi connectivity index (χ3v) is 5.00. The van der Waals surface area contributed by atoms with E-state index in [1.165, 1.54) is 12.1 Å². The summed E-state index contributed by atoms with van der Waals surface area (Å²) in [6, 6.07) is 12.1. The van der Waals surface area contributed by atoms with Gasteiger partial charge in [-0.25, -0.2) is 4.39 Å². The smallest absolute Gasteiger partial charge is 0.227 e. The fourth-order valence-corrected chi connectivity index (χ4v) is 3.54. The van der Waals surface area contributed by atoms with Gasteiger partial charge in [-0.05, 0) is 36.4 Å². The second kappa shape index (κ2) is 7.00. The van der Waals surface area contributed by atoms with Crippen LogP contribution in [0.25, 0.3) is 11.0 Å². The van der Waals surface area contributed by atoms with Crippen molar-refractivity contribution < 1.29 is 13.6 Å². The molecule has 0 N–H and O–H groups in total. The topological polar surface area (TPSA) is 36.7 Å². The number of fused-ring (bicyclic) bond motifs is 1. The van der Waals surface area contributed by atoms with Crippen molar-refractivity contribution in [1.82, 2.24) is 4.90 Å². The van der Waals surface area contributed by atoms with E-state index in [0.29, 0.717) is 29.1 Å². The lowest BCUT2D eigenvalue weighted by atomic mass is 10.1. The van der Waals surface area contributed by atoms with Crippen LogP contribution in [0.5, 0.6) is 0 Å². The molecule has 1 aromatic heterocycles. The summed E-state index contributed by atoms with van der Waals surface area (Å²) >= 11 is 6.05. The highest BCUT2D eigenvalue weighted by Crippen LogP contribution is 2.24. The van der Waals surface area contributed by atoms with Gasteiger partial charge >= 0.3 is 0 Å². The minimum absolute atomic E-state index is 0.0303. The molecule has 1 aliphatic heterocycles. The first-order chi connectivity index (χ1) is 12.6. The van der Waals surface area contributed by atoms with Crippen LogP contribution in [-0.4, -0.2) is 37.0 Å². The number of hydrogen-bond donors (Lipinski definition) is 0. The van der Waals surface area contributed by atoms with Crippen molar-refractivity contribution in [3.05, 3.63) is 65.1 Å². The average molecular weight is 373 g/mol. The molecule has 6 heteroatoms. The Bertz CT molecular complexity index is 948. The minimum atomic E-state index is -0.331. The van der Waals surface area contributed by atoms with E-state index in [-0.39, 0.29) is 18.1 Å². The summed E-state index contributed by atoms with van der Waals surface area (Å²) in [7, 11) is 0. The Labute approximate surface area is 155 Å². The van der Waals surface area contributed by atoms with E-state index >= 15 is 0 Å². The highest BCUT2D eigenvalue weighted by molar-refractivity contribution is 6.30. The largest absolute Gasteiger partial charge is 0.464 e. The Kier molecular flexibility index (Phi) is 4.55. The number of piperazine rings is 1. The van der Waals surface area contributed by atoms with E-state index in [2.05, 4.69) is 4.90 Å². The molecule has 1 amide bonds. The van der Waals surface area contributed by atoms with Crippen molar-refractivity contribution in [3.8, 4) is 0 Å². The highest BCUT2D eigenvalue weighted by Gasteiger charge is 2.22. The summed E-state index contributed by atoms with van der Waals surface area (Å²) < 4.78 is 18.9. The van der Waals surface area contributed by atoms with Crippen LogP contribution in [0.1, 0.15) is 5.56 Å². The van der Waals surface area contributed by atoms with E-state index < -0.39 is 0 Å². The van der Waals surface area contributed by atoms with Gasteiger partial charge in [-0.3, -0.25) is 4.79 Å². The Morgan fingerprint density at radius 3 is 2.69 bits per heavy atom. The summed E-state index contributed by atoms with van der Waals surface area (Å²) in [5, 5.41) is 1.37. The van der Waals surface area contributed by atoms with Crippen molar-refractivity contribution >= 4 is 34.2 Å². The lowest BCUT2D eigenvalue weighted by Crippen LogP contribution is -2.49. The van der Waals surface area contributed by atoms with Crippen LogP contribution in [0, 0.1) is 5.82 Å². The predicted molar refractivity (Wildman–Crippen MR) is 100 cm³/mol. The van der Waals surface area contributed by atoms with E-state index in [4.69, 9.17) is 16.0 Å². The number of rotatable bonds is 3. The van der Waals surface area contributed by atoms with Crippen LogP contribution in [0.4, 0.5) is 10.1 Å². The maximum Gasteiger partial charge on any atom is 0.227 e. The van der Waals surface area contributed by atoms with Crippen LogP contribution >= 0.6 is 11.6 Å². The lowest BCUT2D eigenvalue weighted by Gasteiger charge is -2.36. The third kappa shape index (κ3) is 3.40. The molecule has 0 saturated carbocycles. The van der Waals surface area contributed by atoms with Crippen molar-refractivity contribution in [2.75, 3.05) is 31.1 Å². The van der Waals surface area contributed by atoms with Crippen molar-refractivity contribution in [3.63, 3.8) is 0 Å². The van der Waals surface area contributed by atoms with Gasteiger partial charge in [0, 0.05) is 47.8 Å². The summed E-state index contributed by atoms with van der Waals surface area (Å²) in [5.74, 6) is -0.301. The standard InChI is InChI=1S/C20H18ClFN2O2/c21-15-2-1-3-17(11-15)23-6-8-24(9-7-23)20(25)10-14-13-26-19-5-4-16(22)12-18(14)19/h1-5,11-13H,6-10H2. The van der Waals surface area contributed by atoms with E-state index in [0.717, 1.165) is 24.3 Å². The second-order valence-corrected chi connectivity index (χ2v) is 6.86. The van der Waals surface area contributed by atoms with Gasteiger partial charge in [0.25, 0.3) is 0 Å². The Hall–Kier alpha value is -2.53. The molecule has 2 heterocycles. The molecule has 0 aliphatic carbocycles.